The van der Waals surface area contributed by atoms with Gasteiger partial charge in [-0.25, -0.2) is 4.79 Å². The Morgan fingerprint density at radius 1 is 1.31 bits per heavy atom. The minimum Gasteiger partial charge on any atom is -0.434 e. The van der Waals surface area contributed by atoms with Crippen molar-refractivity contribution in [2.75, 3.05) is 26.3 Å². The monoisotopic (exact) mass is 377 g/mol. The fraction of sp³-hybridized carbons (Fsp3) is 0.389. The minimum atomic E-state index is -0.497. The lowest BCUT2D eigenvalue weighted by Crippen LogP contribution is -2.42. The number of hydrogen-bond donors (Lipinski definition) is 0. The molecule has 0 spiro atoms. The van der Waals surface area contributed by atoms with Crippen LogP contribution in [0.2, 0.25) is 5.15 Å². The number of benzene rings is 1. The highest BCUT2D eigenvalue weighted by atomic mass is 35.5. The van der Waals surface area contributed by atoms with Crippen LogP contribution in [-0.2, 0) is 11.2 Å². The maximum atomic E-state index is 12.4. The number of morpholine rings is 1. The van der Waals surface area contributed by atoms with Gasteiger partial charge in [0.2, 0.25) is 0 Å². The summed E-state index contributed by atoms with van der Waals surface area (Å²) in [6.07, 6.45) is 0.295. The van der Waals surface area contributed by atoms with Crippen molar-refractivity contribution in [2.45, 2.75) is 20.3 Å². The van der Waals surface area contributed by atoms with Gasteiger partial charge in [-0.1, -0.05) is 36.7 Å². The molecule has 138 valence electrons. The number of carbonyl (C=O) groups excluding carboxylic acids is 1. The molecule has 2 aromatic rings. The number of carbonyl (C=O) groups is 1. The van der Waals surface area contributed by atoms with E-state index >= 15 is 0 Å². The average molecular weight is 378 g/mol. The van der Waals surface area contributed by atoms with Crippen molar-refractivity contribution < 1.29 is 19.0 Å². The number of para-hydroxylation sites is 1. The first-order valence-electron chi connectivity index (χ1n) is 8.42. The Kier molecular flexibility index (Phi) is 5.90. The summed E-state index contributed by atoms with van der Waals surface area (Å²) in [4.78, 5) is 13.9. The van der Waals surface area contributed by atoms with E-state index in [-0.39, 0.29) is 16.8 Å². The van der Waals surface area contributed by atoms with E-state index in [4.69, 9.17) is 25.8 Å². The summed E-state index contributed by atoms with van der Waals surface area (Å²) in [7, 11) is 0. The minimum absolute atomic E-state index is 0.0972. The molecule has 2 heterocycles. The molecule has 7 nitrogen and oxygen atoms in total. The van der Waals surface area contributed by atoms with Gasteiger partial charge in [-0.15, -0.1) is 10.2 Å². The second-order valence-corrected chi connectivity index (χ2v) is 6.21. The van der Waals surface area contributed by atoms with Gasteiger partial charge in [0.15, 0.2) is 10.9 Å². The summed E-state index contributed by atoms with van der Waals surface area (Å²) >= 11 is 5.92. The first kappa shape index (κ1) is 18.4. The molecule has 0 aliphatic carbocycles. The molecule has 0 N–H and O–H groups in total. The van der Waals surface area contributed by atoms with E-state index in [0.717, 1.165) is 17.5 Å². The highest BCUT2D eigenvalue weighted by Crippen LogP contribution is 2.34. The smallest absolute Gasteiger partial charge is 0.415 e. The van der Waals surface area contributed by atoms with Gasteiger partial charge in [0, 0.05) is 19.2 Å². The SMILES string of the molecule is CCc1cccc(C)c1Oc1nnc(Cl)cc1OC(=O)N1CCOCC1. The van der Waals surface area contributed by atoms with Crippen LogP contribution in [0, 0.1) is 6.92 Å². The van der Waals surface area contributed by atoms with Crippen LogP contribution in [0.25, 0.3) is 0 Å². The molecule has 0 unspecified atom stereocenters. The largest absolute Gasteiger partial charge is 0.434 e. The Bertz CT molecular complexity index is 794. The van der Waals surface area contributed by atoms with Crippen molar-refractivity contribution in [1.29, 1.82) is 0 Å². The van der Waals surface area contributed by atoms with Gasteiger partial charge in [-0.3, -0.25) is 0 Å². The second-order valence-electron chi connectivity index (χ2n) is 5.82. The van der Waals surface area contributed by atoms with E-state index < -0.39 is 6.09 Å². The maximum absolute atomic E-state index is 12.4. The van der Waals surface area contributed by atoms with Crippen molar-refractivity contribution >= 4 is 17.7 Å². The van der Waals surface area contributed by atoms with Crippen LogP contribution in [0.1, 0.15) is 18.1 Å². The molecule has 0 bridgehead atoms. The van der Waals surface area contributed by atoms with Gasteiger partial charge in [0.1, 0.15) is 5.75 Å². The number of hydrogen-bond acceptors (Lipinski definition) is 6. The number of aromatic nitrogens is 2. The second kappa shape index (κ2) is 8.33. The van der Waals surface area contributed by atoms with E-state index in [1.807, 2.05) is 32.0 Å². The van der Waals surface area contributed by atoms with E-state index in [1.165, 1.54) is 6.07 Å². The molecule has 26 heavy (non-hydrogen) atoms. The molecule has 0 atom stereocenters. The topological polar surface area (TPSA) is 73.8 Å². The summed E-state index contributed by atoms with van der Waals surface area (Å²) in [5, 5.41) is 7.88. The number of rotatable bonds is 4. The van der Waals surface area contributed by atoms with Gasteiger partial charge in [0.25, 0.3) is 5.88 Å². The first-order valence-corrected chi connectivity index (χ1v) is 8.80. The molecule has 1 saturated heterocycles. The summed E-state index contributed by atoms with van der Waals surface area (Å²) in [6.45, 7) is 5.89. The van der Waals surface area contributed by atoms with Crippen molar-refractivity contribution in [3.8, 4) is 17.4 Å². The molecule has 1 aliphatic heterocycles. The van der Waals surface area contributed by atoms with Crippen LogP contribution >= 0.6 is 11.6 Å². The van der Waals surface area contributed by atoms with E-state index in [1.54, 1.807) is 4.90 Å². The van der Waals surface area contributed by atoms with E-state index in [2.05, 4.69) is 10.2 Å². The number of ether oxygens (including phenoxy) is 3. The normalized spacial score (nSPS) is 14.2. The Labute approximate surface area is 156 Å². The Morgan fingerprint density at radius 2 is 2.08 bits per heavy atom. The highest BCUT2D eigenvalue weighted by Gasteiger charge is 2.22. The highest BCUT2D eigenvalue weighted by molar-refractivity contribution is 6.29. The molecule has 1 aromatic heterocycles. The zero-order valence-corrected chi connectivity index (χ0v) is 15.5. The summed E-state index contributed by atoms with van der Waals surface area (Å²) in [6, 6.07) is 7.31. The summed E-state index contributed by atoms with van der Waals surface area (Å²) in [5.41, 5.74) is 1.97. The molecule has 0 saturated carbocycles. The Morgan fingerprint density at radius 3 is 2.81 bits per heavy atom. The third-order valence-corrected chi connectivity index (χ3v) is 4.22. The number of amides is 1. The fourth-order valence-corrected chi connectivity index (χ4v) is 2.76. The lowest BCUT2D eigenvalue weighted by atomic mass is 10.1. The molecule has 3 rings (SSSR count). The predicted octanol–water partition coefficient (Wildman–Crippen LogP) is 3.62. The van der Waals surface area contributed by atoms with Crippen molar-refractivity contribution in [2.24, 2.45) is 0 Å². The van der Waals surface area contributed by atoms with Crippen molar-refractivity contribution in [1.82, 2.24) is 15.1 Å². The molecule has 1 aromatic carbocycles. The Hall–Kier alpha value is -2.38. The number of aryl methyl sites for hydroxylation is 2. The van der Waals surface area contributed by atoms with E-state index in [9.17, 15) is 4.79 Å². The quantitative estimate of drug-likeness (QED) is 0.810. The maximum Gasteiger partial charge on any atom is 0.415 e. The lowest BCUT2D eigenvalue weighted by molar-refractivity contribution is 0.0413. The van der Waals surface area contributed by atoms with Crippen LogP contribution in [0.4, 0.5) is 4.79 Å². The van der Waals surface area contributed by atoms with Gasteiger partial charge in [-0.05, 0) is 24.5 Å². The zero-order chi connectivity index (χ0) is 18.5. The van der Waals surface area contributed by atoms with Crippen molar-refractivity contribution in [3.63, 3.8) is 0 Å². The Balaban J connectivity index is 1.85. The molecule has 1 fully saturated rings. The molecular weight excluding hydrogens is 358 g/mol. The molecule has 1 aliphatic rings. The molecule has 8 heteroatoms. The van der Waals surface area contributed by atoms with Crippen LogP contribution in [0.5, 0.6) is 17.4 Å². The average Bonchev–Trinajstić information content (AvgIpc) is 2.66. The molecule has 1 amide bonds. The third-order valence-electron chi connectivity index (χ3n) is 4.04. The van der Waals surface area contributed by atoms with Crippen LogP contribution in [0.15, 0.2) is 24.3 Å². The van der Waals surface area contributed by atoms with Gasteiger partial charge in [0.05, 0.1) is 13.2 Å². The first-order chi connectivity index (χ1) is 12.6. The molecular formula is C18H20ClN3O4. The van der Waals surface area contributed by atoms with Crippen LogP contribution in [0.3, 0.4) is 0 Å². The van der Waals surface area contributed by atoms with Gasteiger partial charge < -0.3 is 19.1 Å². The zero-order valence-electron chi connectivity index (χ0n) is 14.7. The summed E-state index contributed by atoms with van der Waals surface area (Å²) < 4.78 is 16.7. The standard InChI is InChI=1S/C18H20ClN3O4/c1-3-13-6-4-5-12(2)16(13)26-17-14(11-15(19)20-21-17)25-18(23)22-7-9-24-10-8-22/h4-6,11H,3,7-10H2,1-2H3. The van der Waals surface area contributed by atoms with Crippen LogP contribution < -0.4 is 9.47 Å². The predicted molar refractivity (Wildman–Crippen MR) is 96.1 cm³/mol. The number of halogens is 1. The van der Waals surface area contributed by atoms with Crippen LogP contribution in [-0.4, -0.2) is 47.5 Å². The number of nitrogens with zero attached hydrogens (tertiary/aromatic N) is 3. The van der Waals surface area contributed by atoms with Gasteiger partial charge in [-0.2, -0.15) is 0 Å². The van der Waals surface area contributed by atoms with Gasteiger partial charge >= 0.3 is 6.09 Å². The lowest BCUT2D eigenvalue weighted by Gasteiger charge is -2.26. The van der Waals surface area contributed by atoms with Crippen molar-refractivity contribution in [3.05, 3.63) is 40.5 Å². The molecule has 0 radical (unpaired) electrons. The fourth-order valence-electron chi connectivity index (χ4n) is 2.62. The van der Waals surface area contributed by atoms with E-state index in [0.29, 0.717) is 32.1 Å². The summed E-state index contributed by atoms with van der Waals surface area (Å²) in [5.74, 6) is 0.905. The third kappa shape index (κ3) is 4.23.